The summed E-state index contributed by atoms with van der Waals surface area (Å²) >= 11 is 2.67. The summed E-state index contributed by atoms with van der Waals surface area (Å²) in [6, 6.07) is 8.09. The Labute approximate surface area is 143 Å². The lowest BCUT2D eigenvalue weighted by Crippen LogP contribution is -2.07. The Hall–Kier alpha value is -0.180. The second-order valence-corrected chi connectivity index (χ2v) is 5.54. The number of nitrogens with one attached hydrogen (secondary N) is 2. The highest BCUT2D eigenvalue weighted by Gasteiger charge is 2.03. The molecule has 0 aliphatic carbocycles. The number of amidine groups is 2. The van der Waals surface area contributed by atoms with Gasteiger partial charge in [0.1, 0.15) is 0 Å². The summed E-state index contributed by atoms with van der Waals surface area (Å²) in [4.78, 5) is 0. The van der Waals surface area contributed by atoms with Gasteiger partial charge in [0.25, 0.3) is 0 Å². The van der Waals surface area contributed by atoms with E-state index in [9.17, 15) is 0 Å². The van der Waals surface area contributed by atoms with Gasteiger partial charge in [0.05, 0.1) is 0 Å². The molecule has 0 heterocycles. The second-order valence-electron chi connectivity index (χ2n) is 3.38. The zero-order valence-electron chi connectivity index (χ0n) is 10.2. The number of hydrogen-bond donors (Lipinski definition) is 4. The lowest BCUT2D eigenvalue weighted by molar-refractivity contribution is 1.12. The predicted octanol–water partition coefficient (Wildman–Crippen LogP) is 3.14. The smallest absolute Gasteiger partial charge is 0.151 e. The molecule has 4 nitrogen and oxygen atoms in total. The van der Waals surface area contributed by atoms with Crippen molar-refractivity contribution in [3.63, 3.8) is 0 Å². The minimum absolute atomic E-state index is 0. The Bertz CT molecular complexity index is 415. The zero-order chi connectivity index (χ0) is 12.7. The van der Waals surface area contributed by atoms with Crippen LogP contribution in [0.4, 0.5) is 0 Å². The molecule has 0 aliphatic rings. The van der Waals surface area contributed by atoms with Crippen LogP contribution in [-0.4, -0.2) is 16.1 Å². The fraction of sp³-hybridized carbons (Fsp3) is 0.273. The van der Waals surface area contributed by atoms with Crippen molar-refractivity contribution in [2.45, 2.75) is 12.2 Å². The Morgan fingerprint density at radius 2 is 1.47 bits per heavy atom. The molecule has 0 amide bonds. The van der Waals surface area contributed by atoms with Gasteiger partial charge in [0.2, 0.25) is 0 Å². The third kappa shape index (κ3) is 9.37. The molecule has 1 aromatic carbocycles. The summed E-state index contributed by atoms with van der Waals surface area (Å²) in [7, 11) is 0. The largest absolute Gasteiger partial charge is 0.379 e. The third-order valence-corrected chi connectivity index (χ3v) is 3.62. The molecule has 8 heteroatoms. The first-order valence-electron chi connectivity index (χ1n) is 5.10. The van der Waals surface area contributed by atoms with E-state index in [1.54, 1.807) is 0 Å². The summed E-state index contributed by atoms with van der Waals surface area (Å²) in [5, 5.41) is 14.6. The lowest BCUT2D eigenvalue weighted by atomic mass is 10.1. The van der Waals surface area contributed by atoms with Crippen LogP contribution in [0, 0.1) is 10.8 Å². The van der Waals surface area contributed by atoms with Crippen molar-refractivity contribution >= 4 is 67.8 Å². The van der Waals surface area contributed by atoms with Gasteiger partial charge >= 0.3 is 0 Å². The number of thioether (sulfide) groups is 2. The summed E-state index contributed by atoms with van der Waals surface area (Å²) < 4.78 is 0. The lowest BCUT2D eigenvalue weighted by Gasteiger charge is -2.08. The summed E-state index contributed by atoms with van der Waals surface area (Å²) in [6.07, 6.45) is 0.874. The van der Waals surface area contributed by atoms with Crippen LogP contribution in [0.3, 0.4) is 0 Å². The molecule has 0 saturated heterocycles. The van der Waals surface area contributed by atoms with Crippen LogP contribution in [0.2, 0.25) is 0 Å². The Morgan fingerprint density at radius 1 is 0.947 bits per heavy atom. The van der Waals surface area contributed by atoms with E-state index < -0.39 is 0 Å². The molecular weight excluding hydrogens is 412 g/mol. The molecule has 0 saturated carbocycles. The predicted molar refractivity (Wildman–Crippen MR) is 98.4 cm³/mol. The number of aryl methyl sites for hydroxylation is 1. The minimum atomic E-state index is 0. The number of hydrogen-bond acceptors (Lipinski definition) is 4. The minimum Gasteiger partial charge on any atom is -0.379 e. The fourth-order valence-electron chi connectivity index (χ4n) is 1.37. The van der Waals surface area contributed by atoms with Crippen LogP contribution in [0.1, 0.15) is 11.1 Å². The standard InChI is InChI=1S/C11H16N4S2.2BrH/c12-10(13)16-6-5-8-3-1-2-4-9(8)7-17-11(14)15;;/h1-4H,5-7H2,(H3,12,13)(H3,14,15);2*1H. The highest BCUT2D eigenvalue weighted by Crippen LogP contribution is 2.18. The molecule has 1 rings (SSSR count). The molecule has 0 bridgehead atoms. The third-order valence-electron chi connectivity index (χ3n) is 2.13. The second kappa shape index (κ2) is 11.6. The van der Waals surface area contributed by atoms with Gasteiger partial charge < -0.3 is 11.5 Å². The number of benzene rings is 1. The Balaban J connectivity index is 0. The van der Waals surface area contributed by atoms with Gasteiger partial charge in [-0.15, -0.1) is 34.0 Å². The summed E-state index contributed by atoms with van der Waals surface area (Å²) in [5.74, 6) is 1.52. The normalized spacial score (nSPS) is 9.05. The molecule has 0 aliphatic heterocycles. The first-order valence-corrected chi connectivity index (χ1v) is 7.07. The van der Waals surface area contributed by atoms with Gasteiger partial charge in [-0.2, -0.15) is 0 Å². The Kier molecular flexibility index (Phi) is 12.9. The molecule has 1 aromatic rings. The molecule has 0 unspecified atom stereocenters. The van der Waals surface area contributed by atoms with Crippen LogP contribution in [0.15, 0.2) is 24.3 Å². The highest BCUT2D eigenvalue weighted by molar-refractivity contribution is 8.93. The van der Waals surface area contributed by atoms with E-state index in [0.29, 0.717) is 0 Å². The van der Waals surface area contributed by atoms with E-state index in [1.165, 1.54) is 34.7 Å². The first-order chi connectivity index (χ1) is 8.09. The average Bonchev–Trinajstić information content (AvgIpc) is 2.27. The molecule has 0 aromatic heterocycles. The van der Waals surface area contributed by atoms with Crippen molar-refractivity contribution in [1.82, 2.24) is 0 Å². The van der Waals surface area contributed by atoms with Crippen molar-refractivity contribution in [2.75, 3.05) is 5.75 Å². The van der Waals surface area contributed by atoms with Crippen LogP contribution >= 0.6 is 57.5 Å². The van der Waals surface area contributed by atoms with E-state index in [4.69, 9.17) is 22.3 Å². The zero-order valence-corrected chi connectivity index (χ0v) is 15.3. The maximum atomic E-state index is 7.20. The number of halogens is 2. The van der Waals surface area contributed by atoms with Crippen LogP contribution in [0.25, 0.3) is 0 Å². The first kappa shape index (κ1) is 21.1. The van der Waals surface area contributed by atoms with E-state index in [0.717, 1.165) is 17.9 Å². The van der Waals surface area contributed by atoms with Gasteiger partial charge in [0.15, 0.2) is 10.3 Å². The molecule has 0 atom stereocenters. The maximum Gasteiger partial charge on any atom is 0.151 e. The van der Waals surface area contributed by atoms with Crippen LogP contribution in [0.5, 0.6) is 0 Å². The Morgan fingerprint density at radius 3 is 2.00 bits per heavy atom. The quantitative estimate of drug-likeness (QED) is 0.426. The van der Waals surface area contributed by atoms with E-state index in [1.807, 2.05) is 18.2 Å². The van der Waals surface area contributed by atoms with Crippen molar-refractivity contribution in [1.29, 1.82) is 10.8 Å². The van der Waals surface area contributed by atoms with Crippen molar-refractivity contribution in [3.05, 3.63) is 35.4 Å². The maximum absolute atomic E-state index is 7.20. The molecule has 6 N–H and O–H groups in total. The molecule has 0 spiro atoms. The van der Waals surface area contributed by atoms with Gasteiger partial charge in [-0.05, 0) is 17.5 Å². The fourth-order valence-corrected chi connectivity index (χ4v) is 2.50. The highest BCUT2D eigenvalue weighted by atomic mass is 79.9. The molecule has 19 heavy (non-hydrogen) atoms. The SMILES string of the molecule is Br.Br.N=C(N)SCCc1ccccc1CSC(=N)N. The van der Waals surface area contributed by atoms with E-state index in [2.05, 4.69) is 6.07 Å². The van der Waals surface area contributed by atoms with Crippen LogP contribution in [-0.2, 0) is 12.2 Å². The number of rotatable bonds is 5. The molecule has 108 valence electrons. The summed E-state index contributed by atoms with van der Waals surface area (Å²) in [5.41, 5.74) is 13.0. The van der Waals surface area contributed by atoms with Gasteiger partial charge in [-0.1, -0.05) is 47.8 Å². The number of nitrogens with two attached hydrogens (primary N) is 2. The molecular formula is C11H18Br2N4S2. The van der Waals surface area contributed by atoms with E-state index in [-0.39, 0.29) is 44.3 Å². The monoisotopic (exact) mass is 428 g/mol. The average molecular weight is 430 g/mol. The van der Waals surface area contributed by atoms with Crippen LogP contribution < -0.4 is 11.5 Å². The van der Waals surface area contributed by atoms with E-state index >= 15 is 0 Å². The topological polar surface area (TPSA) is 99.7 Å². The molecule has 0 radical (unpaired) electrons. The van der Waals surface area contributed by atoms with Crippen molar-refractivity contribution < 1.29 is 0 Å². The summed E-state index contributed by atoms with van der Waals surface area (Å²) in [6.45, 7) is 0. The molecule has 0 fully saturated rings. The van der Waals surface area contributed by atoms with Gasteiger partial charge in [0, 0.05) is 11.5 Å². The van der Waals surface area contributed by atoms with Crippen molar-refractivity contribution in [3.8, 4) is 0 Å². The van der Waals surface area contributed by atoms with Gasteiger partial charge in [-0.3, -0.25) is 10.8 Å². The van der Waals surface area contributed by atoms with Crippen molar-refractivity contribution in [2.24, 2.45) is 11.5 Å². The van der Waals surface area contributed by atoms with Gasteiger partial charge in [-0.25, -0.2) is 0 Å².